The number of ether oxygens (including phenoxy) is 1. The van der Waals surface area contributed by atoms with E-state index in [4.69, 9.17) is 10.5 Å². The maximum absolute atomic E-state index is 11.6. The van der Waals surface area contributed by atoms with Crippen molar-refractivity contribution in [3.8, 4) is 0 Å². The average Bonchev–Trinajstić information content (AvgIpc) is 2.30. The van der Waals surface area contributed by atoms with E-state index in [0.29, 0.717) is 6.42 Å². The van der Waals surface area contributed by atoms with Gasteiger partial charge in [-0.15, -0.1) is 0 Å². The SMILES string of the molecule is CC[C@@H](C)OC(=O)C(N)Cc1ccccc1. The van der Waals surface area contributed by atoms with Crippen LogP contribution >= 0.6 is 0 Å². The van der Waals surface area contributed by atoms with Gasteiger partial charge in [-0.1, -0.05) is 37.3 Å². The number of carbonyl (C=O) groups excluding carboxylic acids is 1. The van der Waals surface area contributed by atoms with Gasteiger partial charge in [0.25, 0.3) is 0 Å². The van der Waals surface area contributed by atoms with Gasteiger partial charge in [0.05, 0.1) is 6.10 Å². The number of benzene rings is 1. The molecule has 88 valence electrons. The summed E-state index contributed by atoms with van der Waals surface area (Å²) < 4.78 is 5.17. The van der Waals surface area contributed by atoms with Crippen LogP contribution in [0.4, 0.5) is 0 Å². The summed E-state index contributed by atoms with van der Waals surface area (Å²) in [6, 6.07) is 9.14. The molecular formula is C13H19NO2. The van der Waals surface area contributed by atoms with Gasteiger partial charge in [0.1, 0.15) is 6.04 Å². The Bertz CT molecular complexity index is 324. The fourth-order valence-corrected chi connectivity index (χ4v) is 1.32. The van der Waals surface area contributed by atoms with Crippen LogP contribution in [0.1, 0.15) is 25.8 Å². The Kier molecular flexibility index (Phi) is 4.99. The van der Waals surface area contributed by atoms with Crippen LogP contribution in [0.25, 0.3) is 0 Å². The first-order valence-corrected chi connectivity index (χ1v) is 5.63. The molecule has 1 rings (SSSR count). The molecule has 1 aromatic rings. The smallest absolute Gasteiger partial charge is 0.323 e. The summed E-state index contributed by atoms with van der Waals surface area (Å²) in [5, 5.41) is 0. The molecular weight excluding hydrogens is 202 g/mol. The van der Waals surface area contributed by atoms with Crippen LogP contribution in [0.5, 0.6) is 0 Å². The lowest BCUT2D eigenvalue weighted by Gasteiger charge is -2.15. The second kappa shape index (κ2) is 6.28. The molecule has 0 aliphatic rings. The summed E-state index contributed by atoms with van der Waals surface area (Å²) in [5.74, 6) is -0.321. The van der Waals surface area contributed by atoms with Gasteiger partial charge < -0.3 is 10.5 Å². The normalized spacial score (nSPS) is 14.2. The molecule has 0 radical (unpaired) electrons. The molecule has 0 saturated heterocycles. The molecule has 3 heteroatoms. The van der Waals surface area contributed by atoms with E-state index in [1.807, 2.05) is 44.2 Å². The van der Waals surface area contributed by atoms with Crippen molar-refractivity contribution in [2.24, 2.45) is 5.73 Å². The van der Waals surface area contributed by atoms with Gasteiger partial charge in [-0.25, -0.2) is 0 Å². The average molecular weight is 221 g/mol. The van der Waals surface area contributed by atoms with Gasteiger partial charge in [0.2, 0.25) is 0 Å². The van der Waals surface area contributed by atoms with Gasteiger partial charge in [0.15, 0.2) is 0 Å². The molecule has 0 saturated carbocycles. The molecule has 0 bridgehead atoms. The summed E-state index contributed by atoms with van der Waals surface area (Å²) in [7, 11) is 0. The van der Waals surface area contributed by atoms with E-state index in [9.17, 15) is 4.79 Å². The van der Waals surface area contributed by atoms with E-state index in [-0.39, 0.29) is 12.1 Å². The second-order valence-electron chi connectivity index (χ2n) is 3.95. The molecule has 16 heavy (non-hydrogen) atoms. The number of nitrogens with two attached hydrogens (primary N) is 1. The van der Waals surface area contributed by atoms with E-state index in [1.54, 1.807) is 0 Å². The minimum atomic E-state index is -0.573. The highest BCUT2D eigenvalue weighted by Gasteiger charge is 2.17. The Labute approximate surface area is 96.6 Å². The molecule has 3 nitrogen and oxygen atoms in total. The quantitative estimate of drug-likeness (QED) is 0.773. The zero-order chi connectivity index (χ0) is 12.0. The first-order valence-electron chi connectivity index (χ1n) is 5.63. The van der Waals surface area contributed by atoms with E-state index >= 15 is 0 Å². The van der Waals surface area contributed by atoms with Crippen LogP contribution in [0.3, 0.4) is 0 Å². The number of hydrogen-bond donors (Lipinski definition) is 1. The largest absolute Gasteiger partial charge is 0.462 e. The maximum atomic E-state index is 11.6. The third-order valence-corrected chi connectivity index (χ3v) is 2.49. The summed E-state index contributed by atoms with van der Waals surface area (Å²) in [6.45, 7) is 3.84. The molecule has 1 unspecified atom stereocenters. The lowest BCUT2D eigenvalue weighted by Crippen LogP contribution is -2.36. The topological polar surface area (TPSA) is 52.3 Å². The van der Waals surface area contributed by atoms with Crippen molar-refractivity contribution in [1.82, 2.24) is 0 Å². The molecule has 0 amide bonds. The first-order chi connectivity index (χ1) is 7.63. The van der Waals surface area contributed by atoms with Crippen molar-refractivity contribution >= 4 is 5.97 Å². The molecule has 0 spiro atoms. The molecule has 2 atom stereocenters. The Balaban J connectivity index is 2.46. The highest BCUT2D eigenvalue weighted by molar-refractivity contribution is 5.76. The monoisotopic (exact) mass is 221 g/mol. The van der Waals surface area contributed by atoms with Gasteiger partial charge in [-0.05, 0) is 25.3 Å². The van der Waals surface area contributed by atoms with Crippen LogP contribution < -0.4 is 5.73 Å². The highest BCUT2D eigenvalue weighted by atomic mass is 16.5. The minimum Gasteiger partial charge on any atom is -0.462 e. The van der Waals surface area contributed by atoms with Gasteiger partial charge in [-0.2, -0.15) is 0 Å². The Morgan fingerprint density at radius 3 is 2.56 bits per heavy atom. The number of hydrogen-bond acceptors (Lipinski definition) is 3. The molecule has 1 aromatic carbocycles. The van der Waals surface area contributed by atoms with Crippen molar-refractivity contribution in [1.29, 1.82) is 0 Å². The summed E-state index contributed by atoms with van der Waals surface area (Å²) in [5.41, 5.74) is 6.83. The van der Waals surface area contributed by atoms with Crippen LogP contribution in [0.2, 0.25) is 0 Å². The third kappa shape index (κ3) is 4.03. The van der Waals surface area contributed by atoms with Crippen molar-refractivity contribution < 1.29 is 9.53 Å². The molecule has 0 aromatic heterocycles. The number of carbonyl (C=O) groups is 1. The fraction of sp³-hybridized carbons (Fsp3) is 0.462. The predicted octanol–water partition coefficient (Wildman–Crippen LogP) is 1.90. The van der Waals surface area contributed by atoms with Crippen molar-refractivity contribution in [2.75, 3.05) is 0 Å². The van der Waals surface area contributed by atoms with Crippen LogP contribution in [-0.4, -0.2) is 18.1 Å². The lowest BCUT2D eigenvalue weighted by molar-refractivity contribution is -0.149. The van der Waals surface area contributed by atoms with E-state index < -0.39 is 6.04 Å². The fourth-order valence-electron chi connectivity index (χ4n) is 1.32. The van der Waals surface area contributed by atoms with Gasteiger partial charge in [0, 0.05) is 0 Å². The standard InChI is InChI=1S/C13H19NO2/c1-3-10(2)16-13(15)12(14)9-11-7-5-4-6-8-11/h4-8,10,12H,3,9,14H2,1-2H3/t10-,12?/m1/s1. The molecule has 0 fully saturated rings. The van der Waals surface area contributed by atoms with Crippen LogP contribution in [-0.2, 0) is 16.0 Å². The summed E-state index contributed by atoms with van der Waals surface area (Å²) in [6.07, 6.45) is 1.27. The maximum Gasteiger partial charge on any atom is 0.323 e. The zero-order valence-electron chi connectivity index (χ0n) is 9.85. The van der Waals surface area contributed by atoms with Crippen molar-refractivity contribution in [3.05, 3.63) is 35.9 Å². The molecule has 2 N–H and O–H groups in total. The van der Waals surface area contributed by atoms with Gasteiger partial charge in [-0.3, -0.25) is 4.79 Å². The van der Waals surface area contributed by atoms with Crippen molar-refractivity contribution in [3.63, 3.8) is 0 Å². The van der Waals surface area contributed by atoms with Crippen LogP contribution in [0.15, 0.2) is 30.3 Å². The highest BCUT2D eigenvalue weighted by Crippen LogP contribution is 2.05. The van der Waals surface area contributed by atoms with E-state index in [1.165, 1.54) is 0 Å². The summed E-state index contributed by atoms with van der Waals surface area (Å²) in [4.78, 5) is 11.6. The Morgan fingerprint density at radius 2 is 2.00 bits per heavy atom. The Morgan fingerprint density at radius 1 is 1.38 bits per heavy atom. The Hall–Kier alpha value is -1.35. The number of esters is 1. The minimum absolute atomic E-state index is 0.0608. The lowest BCUT2D eigenvalue weighted by atomic mass is 10.1. The second-order valence-corrected chi connectivity index (χ2v) is 3.95. The van der Waals surface area contributed by atoms with E-state index in [2.05, 4.69) is 0 Å². The zero-order valence-corrected chi connectivity index (χ0v) is 9.85. The van der Waals surface area contributed by atoms with Crippen molar-refractivity contribution in [2.45, 2.75) is 38.8 Å². The molecule has 0 heterocycles. The number of rotatable bonds is 5. The molecule has 0 aliphatic carbocycles. The van der Waals surface area contributed by atoms with E-state index in [0.717, 1.165) is 12.0 Å². The summed E-state index contributed by atoms with van der Waals surface area (Å²) >= 11 is 0. The molecule has 0 aliphatic heterocycles. The van der Waals surface area contributed by atoms with Gasteiger partial charge >= 0.3 is 5.97 Å². The predicted molar refractivity (Wildman–Crippen MR) is 64.0 cm³/mol. The first kappa shape index (κ1) is 12.7. The third-order valence-electron chi connectivity index (χ3n) is 2.49. The van der Waals surface area contributed by atoms with Crippen LogP contribution in [0, 0.1) is 0 Å².